The van der Waals surface area contributed by atoms with Gasteiger partial charge in [0.15, 0.2) is 0 Å². The number of hydrogen-bond acceptors (Lipinski definition) is 2. The van der Waals surface area contributed by atoms with Crippen LogP contribution in [0.3, 0.4) is 0 Å². The Balaban J connectivity index is 3.42. The Morgan fingerprint density at radius 2 is 2.10 bits per heavy atom. The summed E-state index contributed by atoms with van der Waals surface area (Å²) in [6.07, 6.45) is 2.78. The van der Waals surface area contributed by atoms with Gasteiger partial charge in [0.05, 0.1) is 0 Å². The highest BCUT2D eigenvalue weighted by molar-refractivity contribution is 4.78. The van der Waals surface area contributed by atoms with Crippen molar-refractivity contribution in [2.75, 3.05) is 13.7 Å². The zero-order chi connectivity index (χ0) is 8.04. The molecular weight excluding hydrogens is 126 g/mol. The zero-order valence-electron chi connectivity index (χ0n) is 7.02. The Labute approximate surface area is 63.7 Å². The second-order valence-corrected chi connectivity index (χ2v) is 3.00. The van der Waals surface area contributed by atoms with Crippen LogP contribution in [0.25, 0.3) is 0 Å². The monoisotopic (exact) mass is 144 g/mol. The van der Waals surface area contributed by atoms with Gasteiger partial charge in [0, 0.05) is 19.3 Å². The van der Waals surface area contributed by atoms with E-state index in [1.54, 1.807) is 7.11 Å². The number of methoxy groups -OCH3 is 1. The average Bonchev–Trinajstić information content (AvgIpc) is 1.84. The maximum Gasteiger partial charge on any atom is 0.0479 e. The van der Waals surface area contributed by atoms with Crippen LogP contribution in [-0.4, -0.2) is 19.3 Å². The average molecular weight is 144 g/mol. The molecule has 0 saturated heterocycles. The van der Waals surface area contributed by atoms with E-state index in [1.807, 2.05) is 6.92 Å². The van der Waals surface area contributed by atoms with Crippen LogP contribution in [0.15, 0.2) is 0 Å². The molecule has 0 aliphatic rings. The minimum Gasteiger partial charge on any atom is -0.385 e. The van der Waals surface area contributed by atoms with Gasteiger partial charge in [-0.05, 0) is 19.8 Å². The first-order valence-electron chi connectivity index (χ1n) is 3.69. The molecule has 0 aliphatic heterocycles. The molecule has 0 saturated carbocycles. The Bertz CT molecular complexity index is 81.3. The van der Waals surface area contributed by atoms with Crippen LogP contribution in [-0.2, 0) is 4.74 Å². The van der Waals surface area contributed by atoms with Crippen molar-refractivity contribution >= 4 is 0 Å². The molecule has 0 heterocycles. The lowest BCUT2D eigenvalue weighted by Gasteiger charge is -2.23. The molecule has 0 bridgehead atoms. The van der Waals surface area contributed by atoms with Crippen LogP contribution in [0.4, 0.5) is 0 Å². The van der Waals surface area contributed by atoms with Crippen LogP contribution in [0.1, 0.15) is 26.2 Å². The summed E-state index contributed by atoms with van der Waals surface area (Å²) in [5.74, 6) is 0. The number of nitrogens with two attached hydrogens (primary N) is 1. The molecule has 0 aromatic rings. The van der Waals surface area contributed by atoms with Crippen molar-refractivity contribution in [1.29, 1.82) is 0 Å². The predicted molar refractivity (Wildman–Crippen MR) is 43.7 cm³/mol. The van der Waals surface area contributed by atoms with Gasteiger partial charge >= 0.3 is 0 Å². The van der Waals surface area contributed by atoms with Gasteiger partial charge < -0.3 is 10.5 Å². The highest BCUT2D eigenvalue weighted by Crippen LogP contribution is 2.12. The molecule has 0 rings (SSSR count). The molecular formula is C8H18NO. The summed E-state index contributed by atoms with van der Waals surface area (Å²) >= 11 is 0. The first-order valence-corrected chi connectivity index (χ1v) is 3.69. The van der Waals surface area contributed by atoms with Gasteiger partial charge in [-0.3, -0.25) is 0 Å². The Morgan fingerprint density at radius 3 is 2.50 bits per heavy atom. The minimum atomic E-state index is -0.0856. The van der Waals surface area contributed by atoms with Crippen molar-refractivity contribution in [2.24, 2.45) is 5.73 Å². The van der Waals surface area contributed by atoms with E-state index in [0.29, 0.717) is 0 Å². The third kappa shape index (κ3) is 4.77. The topological polar surface area (TPSA) is 35.2 Å². The number of hydrogen-bond donors (Lipinski definition) is 1. The van der Waals surface area contributed by atoms with Crippen LogP contribution in [0.5, 0.6) is 0 Å². The van der Waals surface area contributed by atoms with E-state index in [0.717, 1.165) is 25.9 Å². The molecule has 2 heteroatoms. The minimum absolute atomic E-state index is 0.0856. The summed E-state index contributed by atoms with van der Waals surface area (Å²) < 4.78 is 4.92. The van der Waals surface area contributed by atoms with Gasteiger partial charge in [-0.25, -0.2) is 0 Å². The second kappa shape index (κ2) is 4.69. The molecule has 2 N–H and O–H groups in total. The molecule has 1 radical (unpaired) electrons. The molecule has 1 atom stereocenters. The molecule has 2 nitrogen and oxygen atoms in total. The Morgan fingerprint density at radius 1 is 1.50 bits per heavy atom. The lowest BCUT2D eigenvalue weighted by Crippen LogP contribution is -2.36. The van der Waals surface area contributed by atoms with Gasteiger partial charge in [0.25, 0.3) is 0 Å². The first kappa shape index (κ1) is 9.92. The van der Waals surface area contributed by atoms with E-state index >= 15 is 0 Å². The van der Waals surface area contributed by atoms with Crippen molar-refractivity contribution < 1.29 is 4.74 Å². The number of ether oxygens (including phenoxy) is 1. The fourth-order valence-corrected chi connectivity index (χ4v) is 0.864. The van der Waals surface area contributed by atoms with E-state index in [2.05, 4.69) is 6.92 Å². The van der Waals surface area contributed by atoms with Crippen molar-refractivity contribution in [3.63, 3.8) is 0 Å². The summed E-state index contributed by atoms with van der Waals surface area (Å²) in [6.45, 7) is 6.54. The highest BCUT2D eigenvalue weighted by Gasteiger charge is 2.15. The molecule has 0 aromatic carbocycles. The molecule has 61 valence electrons. The maximum absolute atomic E-state index is 5.89. The van der Waals surface area contributed by atoms with Crippen molar-refractivity contribution in [3.8, 4) is 0 Å². The van der Waals surface area contributed by atoms with Crippen molar-refractivity contribution in [1.82, 2.24) is 0 Å². The van der Waals surface area contributed by atoms with E-state index in [-0.39, 0.29) is 5.54 Å². The quantitative estimate of drug-likeness (QED) is 0.632. The molecule has 0 aliphatic carbocycles. The van der Waals surface area contributed by atoms with Crippen LogP contribution in [0, 0.1) is 6.92 Å². The van der Waals surface area contributed by atoms with Gasteiger partial charge in [0.1, 0.15) is 0 Å². The fraction of sp³-hybridized carbons (Fsp3) is 0.875. The smallest absolute Gasteiger partial charge is 0.0479 e. The van der Waals surface area contributed by atoms with Crippen LogP contribution in [0.2, 0.25) is 0 Å². The van der Waals surface area contributed by atoms with Gasteiger partial charge in [-0.1, -0.05) is 13.3 Å². The zero-order valence-corrected chi connectivity index (χ0v) is 7.02. The van der Waals surface area contributed by atoms with Crippen LogP contribution >= 0.6 is 0 Å². The lowest BCUT2D eigenvalue weighted by molar-refractivity contribution is 0.169. The standard InChI is InChI=1S/C8H18NO/c1-4-5-8(2,9)6-7-10-3/h1,4-7,9H2,2-3H3. The molecule has 0 aromatic heterocycles. The first-order chi connectivity index (χ1) is 4.62. The van der Waals surface area contributed by atoms with E-state index in [1.165, 1.54) is 0 Å². The largest absolute Gasteiger partial charge is 0.385 e. The van der Waals surface area contributed by atoms with Crippen LogP contribution < -0.4 is 5.73 Å². The lowest BCUT2D eigenvalue weighted by atomic mass is 9.94. The summed E-state index contributed by atoms with van der Waals surface area (Å²) in [5, 5.41) is 0. The molecule has 1 unspecified atom stereocenters. The van der Waals surface area contributed by atoms with Crippen molar-refractivity contribution in [3.05, 3.63) is 6.92 Å². The van der Waals surface area contributed by atoms with Gasteiger partial charge in [-0.2, -0.15) is 0 Å². The molecule has 10 heavy (non-hydrogen) atoms. The van der Waals surface area contributed by atoms with Gasteiger partial charge in [-0.15, -0.1) is 0 Å². The van der Waals surface area contributed by atoms with E-state index < -0.39 is 0 Å². The highest BCUT2D eigenvalue weighted by atomic mass is 16.5. The van der Waals surface area contributed by atoms with E-state index in [4.69, 9.17) is 10.5 Å². The molecule has 0 spiro atoms. The summed E-state index contributed by atoms with van der Waals surface area (Å²) in [4.78, 5) is 0. The summed E-state index contributed by atoms with van der Waals surface area (Å²) in [5.41, 5.74) is 5.81. The molecule has 0 fully saturated rings. The normalized spacial score (nSPS) is 16.8. The fourth-order valence-electron chi connectivity index (χ4n) is 0.864. The predicted octanol–water partition coefficient (Wildman–Crippen LogP) is 1.35. The van der Waals surface area contributed by atoms with Gasteiger partial charge in [0.2, 0.25) is 0 Å². The Hall–Kier alpha value is -0.0800. The second-order valence-electron chi connectivity index (χ2n) is 3.00. The third-order valence-electron chi connectivity index (χ3n) is 1.63. The SMILES string of the molecule is [CH2]CCC(C)(N)CCOC. The Kier molecular flexibility index (Phi) is 4.65. The number of rotatable bonds is 5. The maximum atomic E-state index is 5.89. The summed E-state index contributed by atoms with van der Waals surface area (Å²) in [6, 6.07) is 0. The molecule has 0 amide bonds. The van der Waals surface area contributed by atoms with E-state index in [9.17, 15) is 0 Å². The summed E-state index contributed by atoms with van der Waals surface area (Å²) in [7, 11) is 1.69. The van der Waals surface area contributed by atoms with Crippen molar-refractivity contribution in [2.45, 2.75) is 31.7 Å². The third-order valence-corrected chi connectivity index (χ3v) is 1.63.